The third-order valence-corrected chi connectivity index (χ3v) is 4.85. The largest absolute Gasteiger partial charge is 0.497 e. The zero-order chi connectivity index (χ0) is 14.9. The number of nitrogens with one attached hydrogen (secondary N) is 1. The first-order chi connectivity index (χ1) is 10.9. The van der Waals surface area contributed by atoms with Crippen LogP contribution < -0.4 is 10.1 Å². The van der Waals surface area contributed by atoms with Gasteiger partial charge in [-0.3, -0.25) is 0 Å². The lowest BCUT2D eigenvalue weighted by molar-refractivity contribution is -0.0381. The minimum Gasteiger partial charge on any atom is -0.497 e. The molecule has 2 aromatic carbocycles. The van der Waals surface area contributed by atoms with Gasteiger partial charge in [-0.05, 0) is 36.6 Å². The molecule has 3 atom stereocenters. The van der Waals surface area contributed by atoms with E-state index in [1.165, 1.54) is 23.2 Å². The molecule has 0 aromatic heterocycles. The van der Waals surface area contributed by atoms with Crippen LogP contribution in [0.4, 0.5) is 5.69 Å². The lowest BCUT2D eigenvalue weighted by atomic mass is 9.77. The summed E-state index contributed by atoms with van der Waals surface area (Å²) in [6.45, 7) is 0.866. The number of anilines is 1. The van der Waals surface area contributed by atoms with Crippen molar-refractivity contribution in [2.45, 2.75) is 25.0 Å². The average Bonchev–Trinajstić information content (AvgIpc) is 2.61. The predicted molar refractivity (Wildman–Crippen MR) is 87.2 cm³/mol. The zero-order valence-electron chi connectivity index (χ0n) is 12.8. The quantitative estimate of drug-likeness (QED) is 0.894. The fraction of sp³-hybridized carbons (Fsp3) is 0.368. The monoisotopic (exact) mass is 295 g/mol. The molecule has 2 aromatic rings. The number of methoxy groups -OCH3 is 1. The Bertz CT molecular complexity index is 653. The molecule has 2 aliphatic heterocycles. The van der Waals surface area contributed by atoms with Gasteiger partial charge in [-0.15, -0.1) is 0 Å². The minimum atomic E-state index is 0.207. The van der Waals surface area contributed by atoms with E-state index in [-0.39, 0.29) is 6.10 Å². The second kappa shape index (κ2) is 5.65. The second-order valence-electron chi connectivity index (χ2n) is 6.08. The van der Waals surface area contributed by atoms with E-state index in [0.29, 0.717) is 12.0 Å². The van der Waals surface area contributed by atoms with Crippen LogP contribution in [0.1, 0.15) is 36.1 Å². The van der Waals surface area contributed by atoms with Crippen molar-refractivity contribution in [2.75, 3.05) is 19.0 Å². The molecule has 4 rings (SSSR count). The molecule has 0 amide bonds. The van der Waals surface area contributed by atoms with Crippen molar-refractivity contribution >= 4 is 5.69 Å². The Morgan fingerprint density at radius 3 is 2.73 bits per heavy atom. The highest BCUT2D eigenvalue weighted by Crippen LogP contribution is 2.48. The van der Waals surface area contributed by atoms with E-state index in [0.717, 1.165) is 18.8 Å². The molecule has 1 fully saturated rings. The molecule has 0 unspecified atom stereocenters. The summed E-state index contributed by atoms with van der Waals surface area (Å²) in [5.41, 5.74) is 3.80. The van der Waals surface area contributed by atoms with Gasteiger partial charge in [0.25, 0.3) is 0 Å². The maximum Gasteiger partial charge on any atom is 0.118 e. The van der Waals surface area contributed by atoms with Crippen LogP contribution in [-0.4, -0.2) is 13.7 Å². The Morgan fingerprint density at radius 2 is 1.91 bits per heavy atom. The number of hydrogen-bond donors (Lipinski definition) is 1. The number of ether oxygens (including phenoxy) is 2. The predicted octanol–water partition coefficient (Wildman–Crippen LogP) is 4.33. The van der Waals surface area contributed by atoms with Gasteiger partial charge in [-0.25, -0.2) is 0 Å². The molecule has 3 heteroatoms. The van der Waals surface area contributed by atoms with Crippen LogP contribution in [0.3, 0.4) is 0 Å². The van der Waals surface area contributed by atoms with Gasteiger partial charge >= 0.3 is 0 Å². The fourth-order valence-corrected chi connectivity index (χ4v) is 3.76. The Morgan fingerprint density at radius 1 is 1.09 bits per heavy atom. The Hall–Kier alpha value is -2.00. The van der Waals surface area contributed by atoms with Crippen LogP contribution >= 0.6 is 0 Å². The summed E-state index contributed by atoms with van der Waals surface area (Å²) in [6.07, 6.45) is 2.54. The third kappa shape index (κ3) is 2.26. The third-order valence-electron chi connectivity index (χ3n) is 4.85. The molecular weight excluding hydrogens is 274 g/mol. The minimum absolute atomic E-state index is 0.207. The van der Waals surface area contributed by atoms with Gasteiger partial charge in [0, 0.05) is 23.8 Å². The first kappa shape index (κ1) is 13.6. The normalized spacial score (nSPS) is 26.5. The molecule has 0 bridgehead atoms. The molecule has 0 radical (unpaired) electrons. The highest BCUT2D eigenvalue weighted by atomic mass is 16.5. The molecule has 1 N–H and O–H groups in total. The summed E-state index contributed by atoms with van der Waals surface area (Å²) in [7, 11) is 1.70. The summed E-state index contributed by atoms with van der Waals surface area (Å²) in [5, 5.41) is 3.73. The van der Waals surface area contributed by atoms with Crippen molar-refractivity contribution in [1.29, 1.82) is 0 Å². The number of para-hydroxylation sites is 1. The summed E-state index contributed by atoms with van der Waals surface area (Å²) in [6, 6.07) is 17.2. The smallest absolute Gasteiger partial charge is 0.118 e. The Labute approximate surface area is 131 Å². The van der Waals surface area contributed by atoms with Crippen molar-refractivity contribution in [2.24, 2.45) is 5.92 Å². The first-order valence-electron chi connectivity index (χ1n) is 7.98. The van der Waals surface area contributed by atoms with Gasteiger partial charge in [-0.2, -0.15) is 0 Å². The van der Waals surface area contributed by atoms with Crippen molar-refractivity contribution in [3.8, 4) is 5.75 Å². The maximum absolute atomic E-state index is 6.14. The van der Waals surface area contributed by atoms with E-state index in [9.17, 15) is 0 Å². The second-order valence-corrected chi connectivity index (χ2v) is 6.08. The molecule has 22 heavy (non-hydrogen) atoms. The number of fused-ring (bicyclic) bond motifs is 3. The van der Waals surface area contributed by atoms with Gasteiger partial charge < -0.3 is 14.8 Å². The SMILES string of the molecule is COc1ccc([C@H]2Nc3ccccc3[C@H]3OCCC[C@@H]23)cc1. The van der Waals surface area contributed by atoms with Crippen molar-refractivity contribution in [3.05, 3.63) is 59.7 Å². The van der Waals surface area contributed by atoms with Crippen LogP contribution in [0, 0.1) is 5.92 Å². The highest BCUT2D eigenvalue weighted by molar-refractivity contribution is 5.57. The molecule has 114 valence electrons. The molecule has 3 nitrogen and oxygen atoms in total. The van der Waals surface area contributed by atoms with Crippen LogP contribution in [0.2, 0.25) is 0 Å². The van der Waals surface area contributed by atoms with Crippen LogP contribution in [0.25, 0.3) is 0 Å². The Balaban J connectivity index is 1.72. The summed E-state index contributed by atoms with van der Waals surface area (Å²) < 4.78 is 11.4. The summed E-state index contributed by atoms with van der Waals surface area (Å²) in [5.74, 6) is 1.38. The van der Waals surface area contributed by atoms with E-state index in [1.54, 1.807) is 7.11 Å². The van der Waals surface area contributed by atoms with Gasteiger partial charge in [0.1, 0.15) is 5.75 Å². The highest BCUT2D eigenvalue weighted by Gasteiger charge is 2.39. The topological polar surface area (TPSA) is 30.5 Å². The van der Waals surface area contributed by atoms with E-state index in [1.807, 2.05) is 12.1 Å². The molecule has 0 aliphatic carbocycles. The Kier molecular flexibility index (Phi) is 3.51. The standard InChI is InChI=1S/C19H21NO2/c1-21-14-10-8-13(9-11-14)18-16-6-4-12-22-19(16)15-5-2-3-7-17(15)20-18/h2-3,5,7-11,16,18-20H,4,6,12H2,1H3/t16-,18+,19+/m0/s1. The first-order valence-corrected chi connectivity index (χ1v) is 7.98. The number of hydrogen-bond acceptors (Lipinski definition) is 3. The lowest BCUT2D eigenvalue weighted by Gasteiger charge is -2.43. The summed E-state index contributed by atoms with van der Waals surface area (Å²) in [4.78, 5) is 0. The van der Waals surface area contributed by atoms with E-state index in [4.69, 9.17) is 9.47 Å². The van der Waals surface area contributed by atoms with E-state index >= 15 is 0 Å². The molecular formula is C19H21NO2. The maximum atomic E-state index is 6.14. The average molecular weight is 295 g/mol. The van der Waals surface area contributed by atoms with Gasteiger partial charge in [-0.1, -0.05) is 30.3 Å². The molecule has 0 spiro atoms. The molecule has 0 saturated carbocycles. The lowest BCUT2D eigenvalue weighted by Crippen LogP contribution is -2.35. The molecule has 2 aliphatic rings. The number of rotatable bonds is 2. The van der Waals surface area contributed by atoms with Gasteiger partial charge in [0.05, 0.1) is 19.3 Å². The van der Waals surface area contributed by atoms with Crippen molar-refractivity contribution < 1.29 is 9.47 Å². The zero-order valence-corrected chi connectivity index (χ0v) is 12.8. The van der Waals surface area contributed by atoms with Crippen molar-refractivity contribution in [1.82, 2.24) is 0 Å². The fourth-order valence-electron chi connectivity index (χ4n) is 3.76. The van der Waals surface area contributed by atoms with Crippen molar-refractivity contribution in [3.63, 3.8) is 0 Å². The van der Waals surface area contributed by atoms with Crippen LogP contribution in [-0.2, 0) is 4.74 Å². The summed E-state index contributed by atoms with van der Waals surface area (Å²) >= 11 is 0. The van der Waals surface area contributed by atoms with E-state index < -0.39 is 0 Å². The van der Waals surface area contributed by atoms with Gasteiger partial charge in [0.2, 0.25) is 0 Å². The van der Waals surface area contributed by atoms with Crippen LogP contribution in [0.15, 0.2) is 48.5 Å². The van der Waals surface area contributed by atoms with Crippen LogP contribution in [0.5, 0.6) is 5.75 Å². The molecule has 1 saturated heterocycles. The molecule has 2 heterocycles. The number of benzene rings is 2. The van der Waals surface area contributed by atoms with E-state index in [2.05, 4.69) is 41.7 Å². The van der Waals surface area contributed by atoms with Gasteiger partial charge in [0.15, 0.2) is 0 Å².